The van der Waals surface area contributed by atoms with Gasteiger partial charge in [0.05, 0.1) is 27.8 Å². The van der Waals surface area contributed by atoms with Crippen molar-refractivity contribution in [3.8, 4) is 5.75 Å². The molecule has 5 rings (SSSR count). The summed E-state index contributed by atoms with van der Waals surface area (Å²) in [5.41, 5.74) is 7.77. The number of nitrogens with zero attached hydrogens (tertiary/aromatic N) is 4. The highest BCUT2D eigenvalue weighted by atomic mass is 35.5. The number of benzene rings is 3. The highest BCUT2D eigenvalue weighted by Gasteiger charge is 2.19. The van der Waals surface area contributed by atoms with E-state index < -0.39 is 0 Å². The first kappa shape index (κ1) is 27.3. The molecule has 2 N–H and O–H groups in total. The lowest BCUT2D eigenvalue weighted by Crippen LogP contribution is -2.24. The smallest absolute Gasteiger partial charge is 0.124 e. The van der Waals surface area contributed by atoms with Gasteiger partial charge in [-0.15, -0.1) is 0 Å². The van der Waals surface area contributed by atoms with Crippen LogP contribution in [0.15, 0.2) is 54.6 Å². The van der Waals surface area contributed by atoms with E-state index in [0.29, 0.717) is 23.9 Å². The molecule has 0 amide bonds. The predicted molar refractivity (Wildman–Crippen MR) is 165 cm³/mol. The Bertz CT molecular complexity index is 1600. The van der Waals surface area contributed by atoms with Gasteiger partial charge < -0.3 is 15.0 Å². The first-order valence-corrected chi connectivity index (χ1v) is 14.3. The zero-order valence-electron chi connectivity index (χ0n) is 23.6. The molecular formula is C32H38ClN5O. The third kappa shape index (κ3) is 5.17. The third-order valence-electron chi connectivity index (χ3n) is 7.89. The fourth-order valence-corrected chi connectivity index (χ4v) is 5.72. The van der Waals surface area contributed by atoms with Gasteiger partial charge in [-0.2, -0.15) is 0 Å². The summed E-state index contributed by atoms with van der Waals surface area (Å²) in [4.78, 5) is 9.72. The molecule has 6 nitrogen and oxygen atoms in total. The highest BCUT2D eigenvalue weighted by Crippen LogP contribution is 2.40. The van der Waals surface area contributed by atoms with Crippen LogP contribution in [0.3, 0.4) is 0 Å². The molecular weight excluding hydrogens is 506 g/mol. The molecule has 0 radical (unpaired) electrons. The molecule has 204 valence electrons. The van der Waals surface area contributed by atoms with Crippen LogP contribution in [-0.4, -0.2) is 50.6 Å². The van der Waals surface area contributed by atoms with E-state index in [1.807, 2.05) is 18.2 Å². The Morgan fingerprint density at radius 1 is 0.846 bits per heavy atom. The summed E-state index contributed by atoms with van der Waals surface area (Å²) in [7, 11) is 2.08. The van der Waals surface area contributed by atoms with Gasteiger partial charge in [0.15, 0.2) is 0 Å². The number of nitrogens with one attached hydrogen (secondary N) is 1. The van der Waals surface area contributed by atoms with Gasteiger partial charge in [0.25, 0.3) is 0 Å². The van der Waals surface area contributed by atoms with Crippen LogP contribution in [0.25, 0.3) is 32.8 Å². The Balaban J connectivity index is 1.72. The van der Waals surface area contributed by atoms with Gasteiger partial charge in [0.2, 0.25) is 0 Å². The van der Waals surface area contributed by atoms with Gasteiger partial charge in [0.1, 0.15) is 5.75 Å². The number of hydrogen-bond donors (Lipinski definition) is 2. The van der Waals surface area contributed by atoms with Crippen molar-refractivity contribution in [2.45, 2.75) is 40.8 Å². The number of rotatable bonds is 10. The molecule has 0 bridgehead atoms. The minimum atomic E-state index is 0.392. The van der Waals surface area contributed by atoms with E-state index in [1.54, 1.807) is 0 Å². The highest BCUT2D eigenvalue weighted by molar-refractivity contribution is 6.32. The molecule has 5 aromatic rings. The summed E-state index contributed by atoms with van der Waals surface area (Å²) >= 11 is 6.41. The van der Waals surface area contributed by atoms with Gasteiger partial charge in [-0.3, -0.25) is 9.80 Å². The van der Waals surface area contributed by atoms with Crippen molar-refractivity contribution in [3.63, 3.8) is 0 Å². The minimum absolute atomic E-state index is 0.392. The summed E-state index contributed by atoms with van der Waals surface area (Å²) < 4.78 is 2.19. The number of phenols is 1. The zero-order chi connectivity index (χ0) is 27.7. The van der Waals surface area contributed by atoms with Crippen molar-refractivity contribution >= 4 is 55.8 Å². The molecule has 0 aliphatic carbocycles. The molecule has 3 aromatic carbocycles. The maximum atomic E-state index is 11.4. The molecule has 0 saturated carbocycles. The fraction of sp³-hybridized carbons (Fsp3) is 0.344. The average Bonchev–Trinajstić information content (AvgIpc) is 3.22. The maximum Gasteiger partial charge on any atom is 0.124 e. The van der Waals surface area contributed by atoms with E-state index in [4.69, 9.17) is 16.6 Å². The van der Waals surface area contributed by atoms with Crippen molar-refractivity contribution in [1.29, 1.82) is 0 Å². The number of aromatic nitrogens is 2. The Morgan fingerprint density at radius 3 is 2.08 bits per heavy atom. The molecule has 0 spiro atoms. The quantitative estimate of drug-likeness (QED) is 0.177. The van der Waals surface area contributed by atoms with Gasteiger partial charge >= 0.3 is 0 Å². The van der Waals surface area contributed by atoms with Crippen LogP contribution in [0.5, 0.6) is 5.75 Å². The van der Waals surface area contributed by atoms with Gasteiger partial charge in [-0.05, 0) is 62.6 Å². The molecule has 2 heterocycles. The Labute approximate surface area is 235 Å². The second-order valence-corrected chi connectivity index (χ2v) is 10.5. The Morgan fingerprint density at radius 2 is 1.46 bits per heavy atom. The summed E-state index contributed by atoms with van der Waals surface area (Å²) in [6.45, 7) is 13.7. The molecule has 0 unspecified atom stereocenters. The monoisotopic (exact) mass is 543 g/mol. The average molecular weight is 544 g/mol. The van der Waals surface area contributed by atoms with Crippen LogP contribution in [0.2, 0.25) is 5.02 Å². The lowest BCUT2D eigenvalue weighted by atomic mass is 10.0. The summed E-state index contributed by atoms with van der Waals surface area (Å²) in [6, 6.07) is 18.4. The van der Waals surface area contributed by atoms with Crippen molar-refractivity contribution in [1.82, 2.24) is 19.4 Å². The van der Waals surface area contributed by atoms with Crippen molar-refractivity contribution in [2.75, 3.05) is 31.5 Å². The lowest BCUT2D eigenvalue weighted by Gasteiger charge is -2.24. The molecule has 0 aliphatic heterocycles. The van der Waals surface area contributed by atoms with Gasteiger partial charge in [-0.1, -0.05) is 57.5 Å². The van der Waals surface area contributed by atoms with Crippen LogP contribution in [0.4, 0.5) is 11.4 Å². The second-order valence-electron chi connectivity index (χ2n) is 10.1. The van der Waals surface area contributed by atoms with Crippen LogP contribution in [-0.2, 0) is 20.1 Å². The largest absolute Gasteiger partial charge is 0.507 e. The van der Waals surface area contributed by atoms with E-state index in [-0.39, 0.29) is 0 Å². The number of para-hydroxylation sites is 1. The van der Waals surface area contributed by atoms with Crippen LogP contribution >= 0.6 is 11.6 Å². The summed E-state index contributed by atoms with van der Waals surface area (Å²) in [5.74, 6) is 0.392. The minimum Gasteiger partial charge on any atom is -0.507 e. The zero-order valence-corrected chi connectivity index (χ0v) is 24.3. The molecule has 0 fully saturated rings. The number of halogens is 1. The number of aryl methyl sites for hydroxylation is 1. The van der Waals surface area contributed by atoms with Crippen LogP contribution in [0, 0.1) is 0 Å². The van der Waals surface area contributed by atoms with Gasteiger partial charge in [-0.25, -0.2) is 4.98 Å². The Hall–Kier alpha value is -3.32. The van der Waals surface area contributed by atoms with Gasteiger partial charge in [0, 0.05) is 52.7 Å². The number of pyridine rings is 1. The van der Waals surface area contributed by atoms with Crippen LogP contribution < -0.4 is 5.32 Å². The number of anilines is 2. The van der Waals surface area contributed by atoms with Crippen molar-refractivity contribution in [2.24, 2.45) is 7.05 Å². The Kier molecular flexibility index (Phi) is 7.98. The van der Waals surface area contributed by atoms with Crippen LogP contribution in [0.1, 0.15) is 38.8 Å². The molecule has 0 atom stereocenters. The predicted octanol–water partition coefficient (Wildman–Crippen LogP) is 7.67. The SMILES string of the molecule is CCN(CC)Cc1cc(Nc2c3ccccc3nc3c4cc(Cl)ccc4n(C)c23)cc(CN(CC)CC)c1O. The maximum absolute atomic E-state index is 11.4. The van der Waals surface area contributed by atoms with E-state index in [1.165, 1.54) is 0 Å². The molecule has 7 heteroatoms. The first-order chi connectivity index (χ1) is 18.9. The lowest BCUT2D eigenvalue weighted by molar-refractivity contribution is 0.281. The number of fused-ring (bicyclic) bond motifs is 4. The molecule has 2 aromatic heterocycles. The first-order valence-electron chi connectivity index (χ1n) is 13.9. The molecule has 0 aliphatic rings. The van der Waals surface area contributed by atoms with Crippen molar-refractivity contribution in [3.05, 3.63) is 70.7 Å². The second kappa shape index (κ2) is 11.4. The number of aromatic hydroxyl groups is 1. The van der Waals surface area contributed by atoms with E-state index in [0.717, 1.165) is 81.5 Å². The topological polar surface area (TPSA) is 56.6 Å². The van der Waals surface area contributed by atoms with E-state index in [2.05, 4.69) is 90.8 Å². The summed E-state index contributed by atoms with van der Waals surface area (Å²) in [6.07, 6.45) is 0. The van der Waals surface area contributed by atoms with Crippen molar-refractivity contribution < 1.29 is 5.11 Å². The number of phenolic OH excluding ortho intramolecular Hbond substituents is 1. The summed E-state index contributed by atoms with van der Waals surface area (Å²) in [5, 5.41) is 17.9. The normalized spacial score (nSPS) is 12.0. The molecule has 0 saturated heterocycles. The van der Waals surface area contributed by atoms with E-state index >= 15 is 0 Å². The fourth-order valence-electron chi connectivity index (χ4n) is 5.55. The number of hydrogen-bond acceptors (Lipinski definition) is 5. The third-order valence-corrected chi connectivity index (χ3v) is 8.13. The molecule has 39 heavy (non-hydrogen) atoms. The van der Waals surface area contributed by atoms with E-state index in [9.17, 15) is 5.11 Å². The standard InChI is InChI=1S/C32H38ClN5O/c1-6-37(7-2)19-21-16-24(17-22(32(21)39)20-38(8-3)9-4)34-29-25-12-10-11-13-27(25)35-30-26-18-23(33)14-15-28(26)36(5)31(29)30/h10-18,39H,6-9,19-20H2,1-5H3,(H,34,35).